The SMILES string of the molecule is CCOc1ccc(-n2nnc(=O)[nH]2)cc1. The van der Waals surface area contributed by atoms with Gasteiger partial charge in [0.2, 0.25) is 0 Å². The molecular formula is C9H10N4O2. The predicted molar refractivity (Wildman–Crippen MR) is 53.1 cm³/mol. The molecular weight excluding hydrogens is 196 g/mol. The van der Waals surface area contributed by atoms with E-state index < -0.39 is 5.69 Å². The second-order valence-corrected chi connectivity index (χ2v) is 2.85. The third kappa shape index (κ3) is 2.04. The summed E-state index contributed by atoms with van der Waals surface area (Å²) < 4.78 is 5.28. The molecule has 6 heteroatoms. The van der Waals surface area contributed by atoms with E-state index in [9.17, 15) is 4.79 Å². The van der Waals surface area contributed by atoms with Gasteiger partial charge in [-0.05, 0) is 36.4 Å². The van der Waals surface area contributed by atoms with E-state index in [4.69, 9.17) is 4.74 Å². The Hall–Kier alpha value is -2.11. The van der Waals surface area contributed by atoms with Crippen molar-refractivity contribution in [3.63, 3.8) is 0 Å². The van der Waals surface area contributed by atoms with Gasteiger partial charge in [0.15, 0.2) is 0 Å². The molecule has 0 aliphatic heterocycles. The molecule has 0 fully saturated rings. The smallest absolute Gasteiger partial charge is 0.381 e. The number of hydrogen-bond donors (Lipinski definition) is 1. The quantitative estimate of drug-likeness (QED) is 0.786. The molecule has 0 radical (unpaired) electrons. The summed E-state index contributed by atoms with van der Waals surface area (Å²) in [6, 6.07) is 7.18. The van der Waals surface area contributed by atoms with Gasteiger partial charge >= 0.3 is 5.69 Å². The molecule has 0 aliphatic rings. The number of aromatic amines is 1. The van der Waals surface area contributed by atoms with Crippen LogP contribution in [0, 0.1) is 0 Å². The Labute approximate surface area is 85.5 Å². The Kier molecular flexibility index (Phi) is 2.49. The lowest BCUT2D eigenvalue weighted by Gasteiger charge is -2.03. The molecule has 0 saturated carbocycles. The van der Waals surface area contributed by atoms with Gasteiger partial charge in [-0.25, -0.2) is 9.89 Å². The first-order chi connectivity index (χ1) is 7.29. The highest BCUT2D eigenvalue weighted by Crippen LogP contribution is 2.13. The predicted octanol–water partition coefficient (Wildman–Crippen LogP) is 0.354. The van der Waals surface area contributed by atoms with Gasteiger partial charge in [0, 0.05) is 0 Å². The summed E-state index contributed by atoms with van der Waals surface area (Å²) in [5.41, 5.74) is 0.261. The molecule has 0 atom stereocenters. The molecule has 0 aliphatic carbocycles. The maximum Gasteiger partial charge on any atom is 0.381 e. The molecule has 2 aromatic rings. The molecule has 0 saturated heterocycles. The van der Waals surface area contributed by atoms with Crippen molar-refractivity contribution >= 4 is 0 Å². The van der Waals surface area contributed by atoms with E-state index in [1.165, 1.54) is 4.80 Å². The van der Waals surface area contributed by atoms with Crippen LogP contribution in [0.25, 0.3) is 5.69 Å². The molecule has 15 heavy (non-hydrogen) atoms. The fraction of sp³-hybridized carbons (Fsp3) is 0.222. The second kappa shape index (κ2) is 3.95. The topological polar surface area (TPSA) is 72.8 Å². The molecule has 1 heterocycles. The van der Waals surface area contributed by atoms with Gasteiger partial charge in [-0.1, -0.05) is 5.10 Å². The first kappa shape index (κ1) is 9.45. The maximum absolute atomic E-state index is 10.8. The lowest BCUT2D eigenvalue weighted by Crippen LogP contribution is -2.05. The number of nitrogens with zero attached hydrogens (tertiary/aromatic N) is 3. The minimum Gasteiger partial charge on any atom is -0.494 e. The summed E-state index contributed by atoms with van der Waals surface area (Å²) in [5, 5.41) is 9.38. The monoisotopic (exact) mass is 206 g/mol. The number of tetrazole rings is 1. The Balaban J connectivity index is 2.27. The van der Waals surface area contributed by atoms with Crippen LogP contribution in [0.15, 0.2) is 29.1 Å². The average molecular weight is 206 g/mol. The molecule has 0 unspecified atom stereocenters. The van der Waals surface area contributed by atoms with Gasteiger partial charge in [0.05, 0.1) is 12.3 Å². The van der Waals surface area contributed by atoms with Gasteiger partial charge < -0.3 is 4.74 Å². The molecule has 1 aromatic carbocycles. The van der Waals surface area contributed by atoms with E-state index in [1.54, 1.807) is 24.3 Å². The van der Waals surface area contributed by atoms with Crippen LogP contribution in [0.1, 0.15) is 6.92 Å². The van der Waals surface area contributed by atoms with Gasteiger partial charge in [0.25, 0.3) is 0 Å². The van der Waals surface area contributed by atoms with Crippen molar-refractivity contribution in [2.24, 2.45) is 0 Å². The number of nitrogens with one attached hydrogen (secondary N) is 1. The summed E-state index contributed by atoms with van der Waals surface area (Å²) in [4.78, 5) is 12.1. The molecule has 1 aromatic heterocycles. The molecule has 2 rings (SSSR count). The highest BCUT2D eigenvalue weighted by molar-refractivity contribution is 5.35. The zero-order chi connectivity index (χ0) is 10.7. The van der Waals surface area contributed by atoms with Crippen LogP contribution in [0.5, 0.6) is 5.75 Å². The molecule has 1 N–H and O–H groups in total. The minimum absolute atomic E-state index is 0.469. The van der Waals surface area contributed by atoms with E-state index in [0.29, 0.717) is 6.61 Å². The van der Waals surface area contributed by atoms with E-state index in [-0.39, 0.29) is 0 Å². The van der Waals surface area contributed by atoms with Gasteiger partial charge in [-0.3, -0.25) is 0 Å². The number of H-pyrrole nitrogens is 1. The highest BCUT2D eigenvalue weighted by Gasteiger charge is 1.99. The number of ether oxygens (including phenoxy) is 1. The summed E-state index contributed by atoms with van der Waals surface area (Å²) in [6.07, 6.45) is 0. The van der Waals surface area contributed by atoms with Crippen molar-refractivity contribution in [1.82, 2.24) is 20.2 Å². The van der Waals surface area contributed by atoms with Crippen LogP contribution >= 0.6 is 0 Å². The van der Waals surface area contributed by atoms with Crippen molar-refractivity contribution in [2.75, 3.05) is 6.61 Å². The fourth-order valence-electron chi connectivity index (χ4n) is 1.19. The first-order valence-corrected chi connectivity index (χ1v) is 4.55. The number of hydrogen-bond acceptors (Lipinski definition) is 4. The van der Waals surface area contributed by atoms with Crippen LogP contribution in [0.2, 0.25) is 0 Å². The number of benzene rings is 1. The standard InChI is InChI=1S/C9H10N4O2/c1-2-15-8-5-3-7(4-6-8)13-11-9(14)10-12-13/h3-6H,2H2,1H3,(H,11,14). The molecule has 0 amide bonds. The molecule has 6 nitrogen and oxygen atoms in total. The Morgan fingerprint density at radius 2 is 2.13 bits per heavy atom. The zero-order valence-electron chi connectivity index (χ0n) is 8.17. The molecule has 78 valence electrons. The van der Waals surface area contributed by atoms with Crippen molar-refractivity contribution in [2.45, 2.75) is 6.92 Å². The minimum atomic E-state index is -0.469. The van der Waals surface area contributed by atoms with E-state index in [0.717, 1.165) is 11.4 Å². The average Bonchev–Trinajstić information content (AvgIpc) is 2.67. The number of rotatable bonds is 3. The van der Waals surface area contributed by atoms with Crippen LogP contribution in [0.3, 0.4) is 0 Å². The van der Waals surface area contributed by atoms with Gasteiger partial charge in [0.1, 0.15) is 5.75 Å². The first-order valence-electron chi connectivity index (χ1n) is 4.55. The third-order valence-corrected chi connectivity index (χ3v) is 1.82. The Morgan fingerprint density at radius 3 is 2.67 bits per heavy atom. The van der Waals surface area contributed by atoms with Crippen LogP contribution in [0.4, 0.5) is 0 Å². The summed E-state index contributed by atoms with van der Waals surface area (Å²) in [5.74, 6) is 0.781. The number of aromatic nitrogens is 4. The Bertz CT molecular complexity index is 485. The van der Waals surface area contributed by atoms with Crippen LogP contribution < -0.4 is 10.4 Å². The lowest BCUT2D eigenvalue weighted by atomic mass is 10.3. The fourth-order valence-corrected chi connectivity index (χ4v) is 1.19. The largest absolute Gasteiger partial charge is 0.494 e. The van der Waals surface area contributed by atoms with Crippen LogP contribution in [-0.2, 0) is 0 Å². The van der Waals surface area contributed by atoms with Gasteiger partial charge in [-0.2, -0.15) is 4.80 Å². The highest BCUT2D eigenvalue weighted by atomic mass is 16.5. The van der Waals surface area contributed by atoms with E-state index in [1.807, 2.05) is 6.92 Å². The lowest BCUT2D eigenvalue weighted by molar-refractivity contribution is 0.340. The van der Waals surface area contributed by atoms with Crippen molar-refractivity contribution in [1.29, 1.82) is 0 Å². The summed E-state index contributed by atoms with van der Waals surface area (Å²) >= 11 is 0. The molecule has 0 bridgehead atoms. The second-order valence-electron chi connectivity index (χ2n) is 2.85. The van der Waals surface area contributed by atoms with E-state index in [2.05, 4.69) is 15.4 Å². The zero-order valence-corrected chi connectivity index (χ0v) is 8.17. The van der Waals surface area contributed by atoms with Gasteiger partial charge in [-0.15, -0.1) is 0 Å². The molecule has 0 spiro atoms. The summed E-state index contributed by atoms with van der Waals surface area (Å²) in [6.45, 7) is 2.54. The van der Waals surface area contributed by atoms with Crippen molar-refractivity contribution in [3.05, 3.63) is 34.7 Å². The van der Waals surface area contributed by atoms with Crippen molar-refractivity contribution < 1.29 is 4.74 Å². The summed E-state index contributed by atoms with van der Waals surface area (Å²) in [7, 11) is 0. The Morgan fingerprint density at radius 1 is 1.40 bits per heavy atom. The van der Waals surface area contributed by atoms with Crippen molar-refractivity contribution in [3.8, 4) is 11.4 Å². The maximum atomic E-state index is 10.8. The third-order valence-electron chi connectivity index (χ3n) is 1.82. The van der Waals surface area contributed by atoms with Crippen LogP contribution in [-0.4, -0.2) is 26.8 Å². The normalized spacial score (nSPS) is 10.2. The van der Waals surface area contributed by atoms with E-state index >= 15 is 0 Å².